The fraction of sp³-hybridized carbons (Fsp3) is 0.538. The number of rotatable bonds is 5. The number of alkyl halides is 1. The number of aliphatic hydroxyl groups excluding tert-OH is 2. The van der Waals surface area contributed by atoms with Crippen LogP contribution in [0.5, 0.6) is 5.75 Å². The predicted molar refractivity (Wildman–Crippen MR) is 65.2 cm³/mol. The Balaban J connectivity index is 1.93. The average Bonchev–Trinajstić information content (AvgIpc) is 2.66. The van der Waals surface area contributed by atoms with Crippen molar-refractivity contribution in [1.82, 2.24) is 4.90 Å². The summed E-state index contributed by atoms with van der Waals surface area (Å²) in [6.45, 7) is 1.46. The second-order valence-corrected chi connectivity index (χ2v) is 4.50. The van der Waals surface area contributed by atoms with Crippen molar-refractivity contribution in [2.75, 3.05) is 26.3 Å². The van der Waals surface area contributed by atoms with Gasteiger partial charge >= 0.3 is 0 Å². The number of likely N-dealkylation sites (tertiary alicyclic amines) is 1. The van der Waals surface area contributed by atoms with E-state index in [2.05, 4.69) is 0 Å². The predicted octanol–water partition coefficient (Wildman–Crippen LogP) is 0.572. The highest BCUT2D eigenvalue weighted by Crippen LogP contribution is 2.19. The molecule has 100 valence electrons. The number of hydrogen-bond acceptors (Lipinski definition) is 4. The maximum Gasteiger partial charge on any atom is 0.140 e. The van der Waals surface area contributed by atoms with Crippen LogP contribution >= 0.6 is 0 Å². The minimum Gasteiger partial charge on any atom is -0.491 e. The Labute approximate surface area is 106 Å². The quantitative estimate of drug-likeness (QED) is 0.808. The Morgan fingerprint density at radius 1 is 1.39 bits per heavy atom. The van der Waals surface area contributed by atoms with Gasteiger partial charge in [0.15, 0.2) is 0 Å². The topological polar surface area (TPSA) is 52.9 Å². The van der Waals surface area contributed by atoms with Crippen LogP contribution in [0.4, 0.5) is 4.39 Å². The van der Waals surface area contributed by atoms with Crippen LogP contribution in [0.1, 0.15) is 5.56 Å². The third-order valence-electron chi connectivity index (χ3n) is 2.96. The Morgan fingerprint density at radius 3 is 2.89 bits per heavy atom. The molecule has 0 spiro atoms. The summed E-state index contributed by atoms with van der Waals surface area (Å²) in [5.41, 5.74) is 1.01. The number of ether oxygens (including phenoxy) is 1. The van der Waals surface area contributed by atoms with Crippen LogP contribution in [-0.4, -0.2) is 53.7 Å². The Kier molecular flexibility index (Phi) is 4.52. The summed E-state index contributed by atoms with van der Waals surface area (Å²) in [4.78, 5) is 1.88. The van der Waals surface area contributed by atoms with Crippen LogP contribution in [0.15, 0.2) is 24.3 Å². The maximum absolute atomic E-state index is 13.2. The average molecular weight is 255 g/mol. The normalized spacial score (nSPS) is 24.4. The molecule has 2 atom stereocenters. The summed E-state index contributed by atoms with van der Waals surface area (Å²) in [6, 6.07) is 7.48. The van der Waals surface area contributed by atoms with Gasteiger partial charge in [0.2, 0.25) is 0 Å². The minimum absolute atomic E-state index is 0.0217. The molecule has 1 aliphatic rings. The molecule has 18 heavy (non-hydrogen) atoms. The van der Waals surface area contributed by atoms with Gasteiger partial charge in [-0.1, -0.05) is 12.1 Å². The largest absolute Gasteiger partial charge is 0.491 e. The molecule has 0 radical (unpaired) electrons. The molecule has 0 unspecified atom stereocenters. The number of halogens is 1. The van der Waals surface area contributed by atoms with Gasteiger partial charge in [-0.15, -0.1) is 0 Å². The molecule has 4 nitrogen and oxygen atoms in total. The van der Waals surface area contributed by atoms with Crippen LogP contribution in [0.2, 0.25) is 0 Å². The van der Waals surface area contributed by atoms with E-state index in [4.69, 9.17) is 9.84 Å². The number of nitrogens with zero attached hydrogens (tertiary/aromatic N) is 1. The van der Waals surface area contributed by atoms with E-state index in [-0.39, 0.29) is 19.8 Å². The highest BCUT2D eigenvalue weighted by molar-refractivity contribution is 5.28. The van der Waals surface area contributed by atoms with Crippen molar-refractivity contribution in [1.29, 1.82) is 0 Å². The molecule has 1 aliphatic heterocycles. The Bertz CT molecular complexity index is 378. The molecule has 1 heterocycles. The fourth-order valence-electron chi connectivity index (χ4n) is 2.11. The van der Waals surface area contributed by atoms with E-state index in [1.165, 1.54) is 0 Å². The fourth-order valence-corrected chi connectivity index (χ4v) is 2.11. The zero-order valence-corrected chi connectivity index (χ0v) is 10.1. The van der Waals surface area contributed by atoms with Gasteiger partial charge in [0.25, 0.3) is 0 Å². The lowest BCUT2D eigenvalue weighted by Crippen LogP contribution is -2.21. The van der Waals surface area contributed by atoms with E-state index in [0.29, 0.717) is 18.8 Å². The highest BCUT2D eigenvalue weighted by atomic mass is 19.1. The van der Waals surface area contributed by atoms with Crippen LogP contribution in [0.25, 0.3) is 0 Å². The molecule has 0 aliphatic carbocycles. The van der Waals surface area contributed by atoms with Crippen LogP contribution in [0.3, 0.4) is 0 Å². The molecule has 2 N–H and O–H groups in total. The van der Waals surface area contributed by atoms with Crippen molar-refractivity contribution in [2.24, 2.45) is 0 Å². The van der Waals surface area contributed by atoms with Crippen molar-refractivity contribution in [3.05, 3.63) is 29.8 Å². The van der Waals surface area contributed by atoms with Crippen LogP contribution in [0, 0.1) is 0 Å². The lowest BCUT2D eigenvalue weighted by atomic mass is 10.2. The first-order valence-corrected chi connectivity index (χ1v) is 6.06. The third-order valence-corrected chi connectivity index (χ3v) is 2.96. The molecular formula is C13H18FNO3. The second kappa shape index (κ2) is 6.13. The van der Waals surface area contributed by atoms with Gasteiger partial charge in [0, 0.05) is 19.6 Å². The van der Waals surface area contributed by atoms with E-state index in [1.807, 2.05) is 29.2 Å². The number of hydrogen-bond donors (Lipinski definition) is 2. The summed E-state index contributed by atoms with van der Waals surface area (Å²) in [6.07, 6.45) is -2.03. The molecular weight excluding hydrogens is 237 g/mol. The van der Waals surface area contributed by atoms with E-state index >= 15 is 0 Å². The lowest BCUT2D eigenvalue weighted by molar-refractivity contribution is 0.115. The van der Waals surface area contributed by atoms with Crippen molar-refractivity contribution < 1.29 is 19.3 Å². The summed E-state index contributed by atoms with van der Waals surface area (Å²) >= 11 is 0. The van der Waals surface area contributed by atoms with Crippen molar-refractivity contribution in [3.8, 4) is 5.75 Å². The number of benzene rings is 1. The molecule has 5 heteroatoms. The summed E-state index contributed by atoms with van der Waals surface area (Å²) < 4.78 is 18.5. The molecule has 1 aromatic carbocycles. The highest BCUT2D eigenvalue weighted by Gasteiger charge is 2.30. The smallest absolute Gasteiger partial charge is 0.140 e. The van der Waals surface area contributed by atoms with Gasteiger partial charge in [-0.05, 0) is 17.7 Å². The molecule has 1 aromatic rings. The van der Waals surface area contributed by atoms with E-state index in [1.54, 1.807) is 0 Å². The zero-order valence-electron chi connectivity index (χ0n) is 10.1. The summed E-state index contributed by atoms with van der Waals surface area (Å²) in [5.74, 6) is 0.693. The first-order chi connectivity index (χ1) is 8.69. The summed E-state index contributed by atoms with van der Waals surface area (Å²) in [5, 5.41) is 18.0. The summed E-state index contributed by atoms with van der Waals surface area (Å²) in [7, 11) is 0. The van der Waals surface area contributed by atoms with Gasteiger partial charge < -0.3 is 14.9 Å². The van der Waals surface area contributed by atoms with Crippen LogP contribution < -0.4 is 4.74 Å². The van der Waals surface area contributed by atoms with Gasteiger partial charge in [-0.2, -0.15) is 0 Å². The van der Waals surface area contributed by atoms with E-state index < -0.39 is 12.3 Å². The molecule has 0 bridgehead atoms. The van der Waals surface area contributed by atoms with Gasteiger partial charge in [-0.3, -0.25) is 4.90 Å². The van der Waals surface area contributed by atoms with Crippen molar-refractivity contribution in [2.45, 2.75) is 18.8 Å². The molecule has 0 amide bonds. The lowest BCUT2D eigenvalue weighted by Gasteiger charge is -2.15. The second-order valence-electron chi connectivity index (χ2n) is 4.50. The molecule has 2 rings (SSSR count). The number of β-amino-alcohol motifs (C(OH)–C–C–N with tert-alkyl or cyclic N) is 1. The van der Waals surface area contributed by atoms with Crippen molar-refractivity contribution in [3.63, 3.8) is 0 Å². The van der Waals surface area contributed by atoms with E-state index in [0.717, 1.165) is 5.56 Å². The molecule has 1 saturated heterocycles. The third kappa shape index (κ3) is 3.41. The van der Waals surface area contributed by atoms with E-state index in [9.17, 15) is 9.50 Å². The van der Waals surface area contributed by atoms with Crippen molar-refractivity contribution >= 4 is 0 Å². The zero-order chi connectivity index (χ0) is 13.0. The first-order valence-electron chi connectivity index (χ1n) is 6.06. The maximum atomic E-state index is 13.2. The van der Waals surface area contributed by atoms with Crippen LogP contribution in [-0.2, 0) is 6.54 Å². The van der Waals surface area contributed by atoms with Gasteiger partial charge in [0.1, 0.15) is 18.5 Å². The minimum atomic E-state index is -1.15. The number of aliphatic hydroxyl groups is 2. The Morgan fingerprint density at radius 2 is 2.22 bits per heavy atom. The Hall–Kier alpha value is -1.17. The SMILES string of the molecule is OCCOc1cccc(CN2C[C@@H](O)[C@H](F)C2)c1. The molecule has 1 fully saturated rings. The molecule has 0 saturated carbocycles. The first kappa shape index (κ1) is 13.3. The molecule has 0 aromatic heterocycles. The van der Waals surface area contributed by atoms with Gasteiger partial charge in [0.05, 0.1) is 12.7 Å². The standard InChI is InChI=1S/C13H18FNO3/c14-12-8-15(9-13(12)17)7-10-2-1-3-11(6-10)18-5-4-16/h1-3,6,12-13,16-17H,4-5,7-9H2/t12-,13-/m1/s1. The van der Waals surface area contributed by atoms with Gasteiger partial charge in [-0.25, -0.2) is 4.39 Å². The monoisotopic (exact) mass is 255 g/mol.